The van der Waals surface area contributed by atoms with Crippen molar-refractivity contribution in [2.75, 3.05) is 26.4 Å². The zero-order valence-electron chi connectivity index (χ0n) is 41.8. The molecule has 2 fully saturated rings. The fourth-order valence-corrected chi connectivity index (χ4v) is 8.18. The van der Waals surface area contributed by atoms with E-state index in [1.165, 1.54) is 103 Å². The Labute approximate surface area is 408 Å². The van der Waals surface area contributed by atoms with Crippen molar-refractivity contribution in [1.29, 1.82) is 0 Å². The number of ether oxygens (including phenoxy) is 6. The average Bonchev–Trinajstić information content (AvgIpc) is 3.33. The van der Waals surface area contributed by atoms with Crippen LogP contribution in [0.25, 0.3) is 0 Å². The monoisotopic (exact) mass is 971 g/mol. The fraction of sp³-hybridized carbons (Fsp3) is 0.849. The van der Waals surface area contributed by atoms with Crippen molar-refractivity contribution in [3.63, 3.8) is 0 Å². The first-order chi connectivity index (χ1) is 33.0. The summed E-state index contributed by atoms with van der Waals surface area (Å²) in [7, 11) is 0. The van der Waals surface area contributed by atoms with Crippen LogP contribution in [0.4, 0.5) is 0 Å². The van der Waals surface area contributed by atoms with Crippen LogP contribution in [-0.4, -0.2) is 142 Å². The summed E-state index contributed by atoms with van der Waals surface area (Å²) in [5.74, 6) is -0.977. The van der Waals surface area contributed by atoms with E-state index in [4.69, 9.17) is 28.4 Å². The van der Waals surface area contributed by atoms with Crippen molar-refractivity contribution in [2.24, 2.45) is 0 Å². The minimum Gasteiger partial charge on any atom is -0.462 e. The maximum absolute atomic E-state index is 13.0. The van der Waals surface area contributed by atoms with Crippen LogP contribution in [-0.2, 0) is 38.0 Å². The molecular weight excluding hydrogens is 877 g/mol. The number of carbonyl (C=O) groups is 2. The van der Waals surface area contributed by atoms with Gasteiger partial charge in [0.05, 0.1) is 19.8 Å². The maximum Gasteiger partial charge on any atom is 0.306 e. The van der Waals surface area contributed by atoms with Crippen LogP contribution >= 0.6 is 0 Å². The zero-order chi connectivity index (χ0) is 49.6. The molecule has 15 heteroatoms. The highest BCUT2D eigenvalue weighted by Crippen LogP contribution is 2.26. The largest absolute Gasteiger partial charge is 0.462 e. The van der Waals surface area contributed by atoms with Gasteiger partial charge in [0.2, 0.25) is 0 Å². The number of hydrogen-bond donors (Lipinski definition) is 7. The molecule has 0 saturated carbocycles. The molecule has 2 aliphatic heterocycles. The smallest absolute Gasteiger partial charge is 0.306 e. The van der Waals surface area contributed by atoms with Gasteiger partial charge in [-0.05, 0) is 57.8 Å². The predicted molar refractivity (Wildman–Crippen MR) is 261 cm³/mol. The second-order valence-electron chi connectivity index (χ2n) is 18.7. The Morgan fingerprint density at radius 3 is 1.47 bits per heavy atom. The van der Waals surface area contributed by atoms with Crippen molar-refractivity contribution < 1.29 is 73.8 Å². The van der Waals surface area contributed by atoms with Crippen LogP contribution in [0.15, 0.2) is 36.5 Å². The summed E-state index contributed by atoms with van der Waals surface area (Å²) in [5, 5.41) is 72.1. The highest BCUT2D eigenvalue weighted by atomic mass is 16.7. The quantitative estimate of drug-likeness (QED) is 0.0177. The summed E-state index contributed by atoms with van der Waals surface area (Å²) in [5.41, 5.74) is 0. The van der Waals surface area contributed by atoms with Gasteiger partial charge < -0.3 is 64.2 Å². The summed E-state index contributed by atoms with van der Waals surface area (Å²) in [4.78, 5) is 25.8. The Morgan fingerprint density at radius 2 is 0.912 bits per heavy atom. The molecule has 0 spiro atoms. The molecule has 0 aliphatic carbocycles. The van der Waals surface area contributed by atoms with E-state index in [1.807, 2.05) is 6.08 Å². The standard InChI is InChI=1S/C53H94O15/c1-3-5-7-9-11-13-15-17-19-20-22-23-25-27-29-31-33-35-44(55)63-38-41(66-45(56)36-34-32-30-28-26-24-21-18-16-14-12-10-8-6-4-2)39-64-52-51(62)49(60)47(58)43(68-52)40-65-53-50(61)48(59)46(57)42(37-54)67-53/h10,12,22-23,27,29,41-43,46-54,57-62H,3-9,11,13-21,24-26,28,30-40H2,1-2H3/b12-10+,23-22+,29-27+/t41-,42+,43+,46-,47-,48?,49?,50?,51?,52+,53+/m0/s1. The molecule has 2 heterocycles. The topological polar surface area (TPSA) is 231 Å². The van der Waals surface area contributed by atoms with Gasteiger partial charge in [-0.3, -0.25) is 9.59 Å². The lowest BCUT2D eigenvalue weighted by atomic mass is 9.98. The summed E-state index contributed by atoms with van der Waals surface area (Å²) < 4.78 is 33.5. The van der Waals surface area contributed by atoms with Crippen molar-refractivity contribution in [2.45, 2.75) is 261 Å². The molecule has 7 N–H and O–H groups in total. The number of esters is 2. The minimum absolute atomic E-state index is 0.154. The highest BCUT2D eigenvalue weighted by Gasteiger charge is 2.47. The van der Waals surface area contributed by atoms with E-state index in [0.717, 1.165) is 44.9 Å². The van der Waals surface area contributed by atoms with Gasteiger partial charge in [0.1, 0.15) is 55.4 Å². The van der Waals surface area contributed by atoms with Crippen LogP contribution < -0.4 is 0 Å². The lowest BCUT2D eigenvalue weighted by Gasteiger charge is -2.42. The van der Waals surface area contributed by atoms with Crippen LogP contribution in [0.3, 0.4) is 0 Å². The van der Waals surface area contributed by atoms with E-state index in [1.54, 1.807) is 0 Å². The first kappa shape index (κ1) is 61.8. The Kier molecular flexibility index (Phi) is 36.7. The van der Waals surface area contributed by atoms with E-state index in [2.05, 4.69) is 44.2 Å². The van der Waals surface area contributed by atoms with E-state index in [0.29, 0.717) is 19.3 Å². The van der Waals surface area contributed by atoms with Gasteiger partial charge in [0.15, 0.2) is 18.7 Å². The summed E-state index contributed by atoms with van der Waals surface area (Å²) in [6.45, 7) is 2.52. The molecule has 11 atom stereocenters. The third-order valence-electron chi connectivity index (χ3n) is 12.6. The normalized spacial score (nSPS) is 26.0. The molecule has 0 aromatic carbocycles. The Balaban J connectivity index is 1.81. The van der Waals surface area contributed by atoms with Gasteiger partial charge in [0.25, 0.3) is 0 Å². The molecule has 4 unspecified atom stereocenters. The second-order valence-corrected chi connectivity index (χ2v) is 18.7. The van der Waals surface area contributed by atoms with Gasteiger partial charge in [0, 0.05) is 12.8 Å². The van der Waals surface area contributed by atoms with Crippen molar-refractivity contribution in [3.05, 3.63) is 36.5 Å². The highest BCUT2D eigenvalue weighted by molar-refractivity contribution is 5.70. The first-order valence-electron chi connectivity index (χ1n) is 26.6. The van der Waals surface area contributed by atoms with Gasteiger partial charge in [-0.1, -0.05) is 159 Å². The molecule has 0 aromatic rings. The van der Waals surface area contributed by atoms with Crippen LogP contribution in [0.2, 0.25) is 0 Å². The molecule has 2 aliphatic rings. The van der Waals surface area contributed by atoms with Crippen molar-refractivity contribution >= 4 is 11.9 Å². The SMILES string of the molecule is CCCC/C=C/CCCCCCCCCCCC(=O)O[C@@H](COC(=O)CCC/C=C/C/C=C/CCCCCCCCCCC)CO[C@@H]1O[C@H](CO[C@@H]2O[C@H](CO)[C@H](O)C(O)C2O)[C@H](O)C(O)C1O. The number of hydrogen-bond acceptors (Lipinski definition) is 15. The van der Waals surface area contributed by atoms with E-state index in [9.17, 15) is 45.3 Å². The lowest BCUT2D eigenvalue weighted by molar-refractivity contribution is -0.332. The van der Waals surface area contributed by atoms with Crippen LogP contribution in [0.5, 0.6) is 0 Å². The second kappa shape index (κ2) is 40.3. The molecule has 0 amide bonds. The fourth-order valence-electron chi connectivity index (χ4n) is 8.18. The molecule has 0 aromatic heterocycles. The first-order valence-corrected chi connectivity index (χ1v) is 26.6. The Bertz CT molecular complexity index is 1330. The number of aliphatic hydroxyl groups is 7. The molecule has 0 radical (unpaired) electrons. The number of unbranched alkanes of at least 4 members (excludes halogenated alkanes) is 21. The maximum atomic E-state index is 13.0. The van der Waals surface area contributed by atoms with Crippen molar-refractivity contribution in [1.82, 2.24) is 0 Å². The Hall–Kier alpha value is -2.28. The molecule has 0 bridgehead atoms. The van der Waals surface area contributed by atoms with E-state index in [-0.39, 0.29) is 19.4 Å². The lowest BCUT2D eigenvalue weighted by Crippen LogP contribution is -2.61. The minimum atomic E-state index is -1.77. The molecule has 396 valence electrons. The number of allylic oxidation sites excluding steroid dienone is 6. The van der Waals surface area contributed by atoms with Crippen molar-refractivity contribution in [3.8, 4) is 0 Å². The Morgan fingerprint density at radius 1 is 0.471 bits per heavy atom. The molecule has 2 rings (SSSR count). The van der Waals surface area contributed by atoms with Crippen LogP contribution in [0, 0.1) is 0 Å². The number of rotatable bonds is 41. The number of carbonyl (C=O) groups excluding carboxylic acids is 2. The van der Waals surface area contributed by atoms with Crippen LogP contribution in [0.1, 0.15) is 194 Å². The summed E-state index contributed by atoms with van der Waals surface area (Å²) in [6.07, 6.45) is 26.1. The molecule has 68 heavy (non-hydrogen) atoms. The summed E-state index contributed by atoms with van der Waals surface area (Å²) >= 11 is 0. The van der Waals surface area contributed by atoms with Gasteiger partial charge in [-0.15, -0.1) is 0 Å². The van der Waals surface area contributed by atoms with Gasteiger partial charge in [-0.2, -0.15) is 0 Å². The summed E-state index contributed by atoms with van der Waals surface area (Å²) in [6, 6.07) is 0. The molecule has 2 saturated heterocycles. The zero-order valence-corrected chi connectivity index (χ0v) is 41.8. The predicted octanol–water partition coefficient (Wildman–Crippen LogP) is 7.71. The molecular formula is C53H94O15. The number of aliphatic hydroxyl groups excluding tert-OH is 7. The third kappa shape index (κ3) is 27.9. The van der Waals surface area contributed by atoms with E-state index < -0.39 is 99.3 Å². The molecule has 15 nitrogen and oxygen atoms in total. The van der Waals surface area contributed by atoms with Gasteiger partial charge >= 0.3 is 11.9 Å². The van der Waals surface area contributed by atoms with Gasteiger partial charge in [-0.25, -0.2) is 0 Å². The third-order valence-corrected chi connectivity index (χ3v) is 12.6. The average molecular weight is 971 g/mol. The van der Waals surface area contributed by atoms with E-state index >= 15 is 0 Å².